The number of hydrogen-bond donors (Lipinski definition) is 1. The number of nitrogens with zero attached hydrogens (tertiary/aromatic N) is 1. The van der Waals surface area contributed by atoms with Gasteiger partial charge in [0.05, 0.1) is 13.2 Å². The van der Waals surface area contributed by atoms with Gasteiger partial charge in [0.2, 0.25) is 0 Å². The Hall–Kier alpha value is -1.81. The van der Waals surface area contributed by atoms with Crippen LogP contribution in [0.3, 0.4) is 0 Å². The van der Waals surface area contributed by atoms with E-state index in [2.05, 4.69) is 24.0 Å². The van der Waals surface area contributed by atoms with Crippen molar-refractivity contribution in [2.45, 2.75) is 13.8 Å². The van der Waals surface area contributed by atoms with Gasteiger partial charge in [-0.15, -0.1) is 0 Å². The van der Waals surface area contributed by atoms with Gasteiger partial charge in [0.1, 0.15) is 5.69 Å². The normalized spacial score (nSPS) is 16.0. The van der Waals surface area contributed by atoms with Crippen LogP contribution >= 0.6 is 0 Å². The molecule has 0 saturated carbocycles. The van der Waals surface area contributed by atoms with E-state index in [1.807, 2.05) is 17.9 Å². The summed E-state index contributed by atoms with van der Waals surface area (Å²) in [6.07, 6.45) is 0. The van der Waals surface area contributed by atoms with Gasteiger partial charge in [0, 0.05) is 24.0 Å². The molecule has 0 bridgehead atoms. The zero-order chi connectivity index (χ0) is 13.4. The predicted octanol–water partition coefficient (Wildman–Crippen LogP) is 2.26. The number of H-pyrrole nitrogens is 1. The van der Waals surface area contributed by atoms with E-state index >= 15 is 0 Å². The zero-order valence-corrected chi connectivity index (χ0v) is 11.3. The number of benzene rings is 1. The second-order valence-corrected chi connectivity index (χ2v) is 5.08. The van der Waals surface area contributed by atoms with Crippen LogP contribution in [0.4, 0.5) is 0 Å². The maximum absolute atomic E-state index is 12.5. The van der Waals surface area contributed by atoms with Crippen LogP contribution in [0.2, 0.25) is 0 Å². The molecule has 0 aliphatic carbocycles. The monoisotopic (exact) mass is 258 g/mol. The minimum atomic E-state index is 0.0784. The number of carbonyl (C=O) groups is 1. The summed E-state index contributed by atoms with van der Waals surface area (Å²) in [7, 11) is 0. The molecular formula is C15H18N2O2. The summed E-state index contributed by atoms with van der Waals surface area (Å²) < 4.78 is 5.29. The summed E-state index contributed by atoms with van der Waals surface area (Å²) in [5, 5.41) is 1.14. The summed E-state index contributed by atoms with van der Waals surface area (Å²) in [5.41, 5.74) is 3.98. The number of aromatic amines is 1. The van der Waals surface area contributed by atoms with Crippen LogP contribution in [0, 0.1) is 13.8 Å². The largest absolute Gasteiger partial charge is 0.378 e. The van der Waals surface area contributed by atoms with Crippen molar-refractivity contribution >= 4 is 16.8 Å². The molecule has 0 spiro atoms. The van der Waals surface area contributed by atoms with Gasteiger partial charge in [0.25, 0.3) is 5.91 Å². The van der Waals surface area contributed by atoms with E-state index in [0.29, 0.717) is 32.0 Å². The van der Waals surface area contributed by atoms with Gasteiger partial charge in [-0.05, 0) is 31.5 Å². The van der Waals surface area contributed by atoms with E-state index in [4.69, 9.17) is 4.74 Å². The number of nitrogens with one attached hydrogen (secondary N) is 1. The molecule has 1 N–H and O–H groups in total. The first-order chi connectivity index (χ1) is 9.16. The molecule has 1 aromatic carbocycles. The Bertz CT molecular complexity index is 624. The molecule has 19 heavy (non-hydrogen) atoms. The Balaban J connectivity index is 2.00. The highest BCUT2D eigenvalue weighted by Crippen LogP contribution is 2.24. The van der Waals surface area contributed by atoms with E-state index in [-0.39, 0.29) is 5.91 Å². The molecule has 100 valence electrons. The molecule has 1 aromatic heterocycles. The number of carbonyl (C=O) groups excluding carboxylic acids is 1. The molecule has 1 amide bonds. The number of amides is 1. The van der Waals surface area contributed by atoms with Crippen molar-refractivity contribution in [2.75, 3.05) is 26.3 Å². The van der Waals surface area contributed by atoms with Gasteiger partial charge in [-0.25, -0.2) is 0 Å². The van der Waals surface area contributed by atoms with Gasteiger partial charge in [-0.2, -0.15) is 0 Å². The van der Waals surface area contributed by atoms with Crippen LogP contribution in [-0.4, -0.2) is 42.1 Å². The third-order valence-corrected chi connectivity index (χ3v) is 3.73. The van der Waals surface area contributed by atoms with Crippen molar-refractivity contribution < 1.29 is 9.53 Å². The first kappa shape index (κ1) is 12.2. The van der Waals surface area contributed by atoms with Crippen LogP contribution in [-0.2, 0) is 4.74 Å². The molecule has 0 unspecified atom stereocenters. The Kier molecular flexibility index (Phi) is 3.03. The van der Waals surface area contributed by atoms with Crippen LogP contribution in [0.15, 0.2) is 18.2 Å². The van der Waals surface area contributed by atoms with E-state index < -0.39 is 0 Å². The van der Waals surface area contributed by atoms with Gasteiger partial charge < -0.3 is 14.6 Å². The number of hydrogen-bond acceptors (Lipinski definition) is 2. The third kappa shape index (κ3) is 2.12. The molecule has 2 aromatic rings. The van der Waals surface area contributed by atoms with Crippen LogP contribution in [0.5, 0.6) is 0 Å². The number of aromatic nitrogens is 1. The summed E-state index contributed by atoms with van der Waals surface area (Å²) >= 11 is 0. The Labute approximate surface area is 112 Å². The first-order valence-electron chi connectivity index (χ1n) is 6.63. The second-order valence-electron chi connectivity index (χ2n) is 5.08. The molecular weight excluding hydrogens is 240 g/mol. The Morgan fingerprint density at radius 3 is 2.74 bits per heavy atom. The van der Waals surface area contributed by atoms with E-state index in [1.54, 1.807) is 0 Å². The van der Waals surface area contributed by atoms with Crippen molar-refractivity contribution in [3.8, 4) is 0 Å². The summed E-state index contributed by atoms with van der Waals surface area (Å²) in [6.45, 7) is 6.68. The fourth-order valence-electron chi connectivity index (χ4n) is 2.58. The summed E-state index contributed by atoms with van der Waals surface area (Å²) in [5.74, 6) is 0.0784. The van der Waals surface area contributed by atoms with Crippen molar-refractivity contribution in [1.82, 2.24) is 9.88 Å². The second kappa shape index (κ2) is 4.70. The van der Waals surface area contributed by atoms with Crippen molar-refractivity contribution in [2.24, 2.45) is 0 Å². The highest BCUT2D eigenvalue weighted by atomic mass is 16.5. The lowest BCUT2D eigenvalue weighted by Crippen LogP contribution is -2.41. The topological polar surface area (TPSA) is 45.3 Å². The molecule has 1 aliphatic rings. The van der Waals surface area contributed by atoms with Gasteiger partial charge in [-0.1, -0.05) is 11.6 Å². The molecule has 1 fully saturated rings. The first-order valence-corrected chi connectivity index (χ1v) is 6.63. The quantitative estimate of drug-likeness (QED) is 0.852. The zero-order valence-electron chi connectivity index (χ0n) is 11.3. The summed E-state index contributed by atoms with van der Waals surface area (Å²) in [6, 6.07) is 6.21. The van der Waals surface area contributed by atoms with Gasteiger partial charge >= 0.3 is 0 Å². The van der Waals surface area contributed by atoms with E-state index in [1.165, 1.54) is 5.56 Å². The molecule has 1 aliphatic heterocycles. The van der Waals surface area contributed by atoms with Gasteiger partial charge in [-0.3, -0.25) is 4.79 Å². The average Bonchev–Trinajstić information content (AvgIpc) is 2.76. The average molecular weight is 258 g/mol. The molecule has 2 heterocycles. The fourth-order valence-corrected chi connectivity index (χ4v) is 2.58. The molecule has 3 rings (SSSR count). The van der Waals surface area contributed by atoms with Crippen molar-refractivity contribution in [3.63, 3.8) is 0 Å². The van der Waals surface area contributed by atoms with Crippen molar-refractivity contribution in [3.05, 3.63) is 35.0 Å². The lowest BCUT2D eigenvalue weighted by atomic mass is 10.1. The minimum Gasteiger partial charge on any atom is -0.378 e. The Morgan fingerprint density at radius 2 is 2.00 bits per heavy atom. The number of morpholine rings is 1. The maximum atomic E-state index is 12.5. The Morgan fingerprint density at radius 1 is 1.26 bits per heavy atom. The van der Waals surface area contributed by atoms with Crippen LogP contribution in [0.1, 0.15) is 21.6 Å². The number of ether oxygens (including phenoxy) is 1. The fraction of sp³-hybridized carbons (Fsp3) is 0.400. The van der Waals surface area contributed by atoms with Crippen molar-refractivity contribution in [1.29, 1.82) is 0 Å². The lowest BCUT2D eigenvalue weighted by Gasteiger charge is -2.26. The molecule has 4 heteroatoms. The maximum Gasteiger partial charge on any atom is 0.270 e. The smallest absolute Gasteiger partial charge is 0.270 e. The van der Waals surface area contributed by atoms with Crippen LogP contribution < -0.4 is 0 Å². The molecule has 0 atom stereocenters. The predicted molar refractivity (Wildman–Crippen MR) is 74.5 cm³/mol. The summed E-state index contributed by atoms with van der Waals surface area (Å²) in [4.78, 5) is 17.6. The highest BCUT2D eigenvalue weighted by Gasteiger charge is 2.22. The standard InChI is InChI=1S/C15H18N2O2/c1-10-3-4-13-12(9-10)11(2)14(16-13)15(18)17-5-7-19-8-6-17/h3-4,9,16H,5-8H2,1-2H3. The molecule has 0 radical (unpaired) electrons. The number of aryl methyl sites for hydroxylation is 2. The molecule has 4 nitrogen and oxygen atoms in total. The number of rotatable bonds is 1. The van der Waals surface area contributed by atoms with Crippen LogP contribution in [0.25, 0.3) is 10.9 Å². The minimum absolute atomic E-state index is 0.0784. The highest BCUT2D eigenvalue weighted by molar-refractivity contribution is 6.01. The van der Waals surface area contributed by atoms with E-state index in [0.717, 1.165) is 16.5 Å². The van der Waals surface area contributed by atoms with Gasteiger partial charge in [0.15, 0.2) is 0 Å². The SMILES string of the molecule is Cc1ccc2[nH]c(C(=O)N3CCOCC3)c(C)c2c1. The molecule has 1 saturated heterocycles. The third-order valence-electron chi connectivity index (χ3n) is 3.73. The lowest BCUT2D eigenvalue weighted by molar-refractivity contribution is 0.0299. The van der Waals surface area contributed by atoms with E-state index in [9.17, 15) is 4.79 Å². The number of fused-ring (bicyclic) bond motifs is 1.